The molecule has 0 heterocycles. The van der Waals surface area contributed by atoms with Crippen LogP contribution >= 0.6 is 9.47 Å². The Morgan fingerprint density at radius 3 is 2.08 bits per heavy atom. The number of hydrogen-bond acceptors (Lipinski definition) is 5. The fourth-order valence-corrected chi connectivity index (χ4v) is 0.926. The number of rotatable bonds is 1. The van der Waals surface area contributed by atoms with E-state index in [0.717, 1.165) is 12.1 Å². The zero-order chi connectivity index (χ0) is 10.0. The van der Waals surface area contributed by atoms with Crippen LogP contribution in [-0.2, 0) is 4.52 Å². The second-order valence-corrected chi connectivity index (χ2v) is 2.50. The molecular weight excluding hydrogens is 195 g/mol. The van der Waals surface area contributed by atoms with Crippen LogP contribution in [0.15, 0.2) is 12.1 Å². The van der Waals surface area contributed by atoms with Gasteiger partial charge in [0.1, 0.15) is 0 Å². The van der Waals surface area contributed by atoms with E-state index in [-0.39, 0.29) is 5.56 Å². The molecule has 5 nitrogen and oxygen atoms in total. The Bertz CT molecular complexity index is 326. The minimum atomic E-state index is -0.740. The van der Waals surface area contributed by atoms with Crippen LogP contribution < -0.4 is 0 Å². The molecule has 1 aromatic carbocycles. The number of aromatic hydroxyl groups is 3. The second-order valence-electron chi connectivity index (χ2n) is 2.27. The molecule has 1 rings (SSSR count). The molecule has 0 aliphatic heterocycles. The summed E-state index contributed by atoms with van der Waals surface area (Å²) < 4.78 is 4.26. The molecule has 0 bridgehead atoms. The molecule has 13 heavy (non-hydrogen) atoms. The van der Waals surface area contributed by atoms with Gasteiger partial charge in [-0.05, 0) is 12.1 Å². The van der Waals surface area contributed by atoms with Crippen LogP contribution in [0, 0.1) is 0 Å². The van der Waals surface area contributed by atoms with E-state index in [1.807, 2.05) is 0 Å². The van der Waals surface area contributed by atoms with E-state index in [1.54, 1.807) is 9.47 Å². The minimum Gasteiger partial charge on any atom is -0.504 e. The first-order valence-electron chi connectivity index (χ1n) is 3.22. The number of carbonyl (C=O) groups is 1. The Labute approximate surface area is 75.9 Å². The lowest BCUT2D eigenvalue weighted by atomic mass is 10.2. The highest BCUT2D eigenvalue weighted by Crippen LogP contribution is 2.35. The molecule has 70 valence electrons. The Hall–Kier alpha value is -1.48. The van der Waals surface area contributed by atoms with Crippen LogP contribution in [-0.4, -0.2) is 21.3 Å². The standard InChI is InChI=1S/C7H7O5P/c8-4-1-3(7(11)12-13)2-5(9)6(4)10/h1-2,8-10H,13H2. The molecule has 0 aliphatic rings. The highest BCUT2D eigenvalue weighted by atomic mass is 31.0. The number of hydrogen-bond donors (Lipinski definition) is 3. The van der Waals surface area contributed by atoms with E-state index in [9.17, 15) is 4.79 Å². The number of phenolic OH excluding ortho intramolecular Hbond substituents is 3. The number of carbonyl (C=O) groups excluding carboxylic acids is 1. The van der Waals surface area contributed by atoms with Crippen molar-refractivity contribution in [3.63, 3.8) is 0 Å². The molecule has 0 saturated carbocycles. The molecule has 0 fully saturated rings. The monoisotopic (exact) mass is 202 g/mol. The summed E-state index contributed by atoms with van der Waals surface area (Å²) >= 11 is 0. The zero-order valence-corrected chi connectivity index (χ0v) is 7.54. The van der Waals surface area contributed by atoms with Crippen molar-refractivity contribution in [3.8, 4) is 17.2 Å². The van der Waals surface area contributed by atoms with Crippen molar-refractivity contribution in [3.05, 3.63) is 17.7 Å². The molecule has 6 heteroatoms. The fourth-order valence-electron chi connectivity index (χ4n) is 0.790. The van der Waals surface area contributed by atoms with Crippen molar-refractivity contribution < 1.29 is 24.6 Å². The van der Waals surface area contributed by atoms with Crippen molar-refractivity contribution in [2.24, 2.45) is 0 Å². The smallest absolute Gasteiger partial charge is 0.340 e. The van der Waals surface area contributed by atoms with Crippen LogP contribution in [0.4, 0.5) is 0 Å². The third-order valence-corrected chi connectivity index (χ3v) is 1.63. The van der Waals surface area contributed by atoms with Gasteiger partial charge in [0.05, 0.1) is 15.0 Å². The van der Waals surface area contributed by atoms with Gasteiger partial charge in [0.15, 0.2) is 17.2 Å². The molecular formula is C7H7O5P. The average molecular weight is 202 g/mol. The lowest BCUT2D eigenvalue weighted by Crippen LogP contribution is -1.96. The topological polar surface area (TPSA) is 87.0 Å². The van der Waals surface area contributed by atoms with Gasteiger partial charge in [-0.15, -0.1) is 0 Å². The molecule has 0 saturated heterocycles. The van der Waals surface area contributed by atoms with Gasteiger partial charge in [0.2, 0.25) is 0 Å². The van der Waals surface area contributed by atoms with E-state index in [2.05, 4.69) is 4.52 Å². The highest BCUT2D eigenvalue weighted by molar-refractivity contribution is 7.10. The number of phenols is 3. The van der Waals surface area contributed by atoms with Crippen LogP contribution in [0.3, 0.4) is 0 Å². The van der Waals surface area contributed by atoms with Crippen molar-refractivity contribution in [2.75, 3.05) is 0 Å². The molecule has 0 spiro atoms. The largest absolute Gasteiger partial charge is 0.504 e. The van der Waals surface area contributed by atoms with E-state index >= 15 is 0 Å². The Morgan fingerprint density at radius 2 is 1.69 bits per heavy atom. The van der Waals surface area contributed by atoms with E-state index in [0.29, 0.717) is 0 Å². The summed E-state index contributed by atoms with van der Waals surface area (Å²) in [6.07, 6.45) is 0. The van der Waals surface area contributed by atoms with E-state index in [4.69, 9.17) is 15.3 Å². The summed E-state index contributed by atoms with van der Waals surface area (Å²) in [7, 11) is 1.74. The quantitative estimate of drug-likeness (QED) is 0.462. The molecule has 0 amide bonds. The van der Waals surface area contributed by atoms with Crippen LogP contribution in [0.2, 0.25) is 0 Å². The first-order chi connectivity index (χ1) is 6.06. The normalized spacial score (nSPS) is 9.62. The second kappa shape index (κ2) is 3.49. The first-order valence-corrected chi connectivity index (χ1v) is 3.69. The minimum absolute atomic E-state index is 0.0530. The molecule has 1 unspecified atom stereocenters. The maximum atomic E-state index is 10.9. The van der Waals surface area contributed by atoms with Crippen molar-refractivity contribution in [2.45, 2.75) is 0 Å². The van der Waals surface area contributed by atoms with Gasteiger partial charge in [-0.2, -0.15) is 0 Å². The maximum Gasteiger partial charge on any atom is 0.340 e. The molecule has 0 radical (unpaired) electrons. The maximum absolute atomic E-state index is 10.9. The average Bonchev–Trinajstić information content (AvgIpc) is 2.12. The van der Waals surface area contributed by atoms with Crippen LogP contribution in [0.25, 0.3) is 0 Å². The summed E-state index contributed by atoms with van der Waals surface area (Å²) in [5, 5.41) is 26.9. The van der Waals surface area contributed by atoms with Gasteiger partial charge in [-0.1, -0.05) is 0 Å². The number of benzene rings is 1. The molecule has 0 aromatic heterocycles. The van der Waals surface area contributed by atoms with Gasteiger partial charge in [0, 0.05) is 0 Å². The lowest BCUT2D eigenvalue weighted by molar-refractivity contribution is 0.0764. The molecule has 1 atom stereocenters. The summed E-state index contributed by atoms with van der Waals surface area (Å²) in [4.78, 5) is 10.9. The summed E-state index contributed by atoms with van der Waals surface area (Å²) in [5.74, 6) is -2.56. The summed E-state index contributed by atoms with van der Waals surface area (Å²) in [5.41, 5.74) is -0.0530. The zero-order valence-electron chi connectivity index (χ0n) is 6.39. The van der Waals surface area contributed by atoms with Gasteiger partial charge in [-0.3, -0.25) is 0 Å². The molecule has 0 aliphatic carbocycles. The predicted molar refractivity (Wildman–Crippen MR) is 46.6 cm³/mol. The highest BCUT2D eigenvalue weighted by Gasteiger charge is 2.13. The predicted octanol–water partition coefficient (Wildman–Crippen LogP) is 0.750. The Balaban J connectivity index is 3.20. The van der Waals surface area contributed by atoms with Crippen molar-refractivity contribution in [1.29, 1.82) is 0 Å². The fraction of sp³-hybridized carbons (Fsp3) is 0. The van der Waals surface area contributed by atoms with Gasteiger partial charge >= 0.3 is 5.97 Å². The van der Waals surface area contributed by atoms with Crippen LogP contribution in [0.5, 0.6) is 17.2 Å². The Kier molecular flexibility index (Phi) is 2.58. The summed E-state index contributed by atoms with van der Waals surface area (Å²) in [6, 6.07) is 1.98. The molecule has 3 N–H and O–H groups in total. The lowest BCUT2D eigenvalue weighted by Gasteiger charge is -2.03. The Morgan fingerprint density at radius 1 is 1.23 bits per heavy atom. The first kappa shape index (κ1) is 9.61. The van der Waals surface area contributed by atoms with Crippen LogP contribution in [0.1, 0.15) is 10.4 Å². The third-order valence-electron chi connectivity index (χ3n) is 1.41. The van der Waals surface area contributed by atoms with Gasteiger partial charge in [-0.25, -0.2) is 4.79 Å². The van der Waals surface area contributed by atoms with E-state index < -0.39 is 23.2 Å². The summed E-state index contributed by atoms with van der Waals surface area (Å²) in [6.45, 7) is 0. The van der Waals surface area contributed by atoms with E-state index in [1.165, 1.54) is 0 Å². The van der Waals surface area contributed by atoms with Crippen molar-refractivity contribution >= 4 is 15.4 Å². The third kappa shape index (κ3) is 1.81. The van der Waals surface area contributed by atoms with Crippen molar-refractivity contribution in [1.82, 2.24) is 0 Å². The van der Waals surface area contributed by atoms with Gasteiger partial charge in [0.25, 0.3) is 0 Å². The van der Waals surface area contributed by atoms with Gasteiger partial charge < -0.3 is 19.8 Å². The molecule has 1 aromatic rings. The SMILES string of the molecule is O=C(OP)c1cc(O)c(O)c(O)c1.